The lowest BCUT2D eigenvalue weighted by Crippen LogP contribution is -2.32. The Bertz CT molecular complexity index is 564. The van der Waals surface area contributed by atoms with Gasteiger partial charge >= 0.3 is 0 Å². The van der Waals surface area contributed by atoms with E-state index >= 15 is 0 Å². The molecule has 0 atom stereocenters. The van der Waals surface area contributed by atoms with Crippen molar-refractivity contribution in [3.05, 3.63) is 29.8 Å². The number of amides is 1. The van der Waals surface area contributed by atoms with Gasteiger partial charge in [0.15, 0.2) is 0 Å². The molecule has 104 valence electrons. The van der Waals surface area contributed by atoms with Gasteiger partial charge in [-0.3, -0.25) is 4.79 Å². The predicted molar refractivity (Wildman–Crippen MR) is 73.8 cm³/mol. The van der Waals surface area contributed by atoms with Crippen molar-refractivity contribution in [1.29, 1.82) is 0 Å². The number of benzene rings is 1. The number of carbonyl (C=O) groups is 1. The molecule has 4 nitrogen and oxygen atoms in total. The lowest BCUT2D eigenvalue weighted by Gasteiger charge is -2.20. The third-order valence-electron chi connectivity index (χ3n) is 3.23. The molecule has 0 spiro atoms. The highest BCUT2D eigenvalue weighted by atomic mass is 35.7. The van der Waals surface area contributed by atoms with Crippen LogP contribution in [0.1, 0.15) is 30.1 Å². The van der Waals surface area contributed by atoms with Crippen LogP contribution in [0.5, 0.6) is 0 Å². The minimum absolute atomic E-state index is 0.0101. The second kappa shape index (κ2) is 5.51. The van der Waals surface area contributed by atoms with Crippen LogP contribution in [0.15, 0.2) is 29.2 Å². The second-order valence-corrected chi connectivity index (χ2v) is 7.32. The number of carbonyl (C=O) groups excluding carboxylic acids is 1. The van der Waals surface area contributed by atoms with Crippen molar-refractivity contribution in [1.82, 2.24) is 4.90 Å². The Morgan fingerprint density at radius 3 is 2.32 bits per heavy atom. The molecule has 0 aliphatic heterocycles. The van der Waals surface area contributed by atoms with Crippen LogP contribution >= 0.6 is 10.7 Å². The standard InChI is InChI=1S/C13H16ClNO3S/c1-2-15(9-10-3-4-10)13(16)11-5-7-12(8-6-11)19(14,17)18/h5-8,10H,2-4,9H2,1H3. The summed E-state index contributed by atoms with van der Waals surface area (Å²) >= 11 is 0. The lowest BCUT2D eigenvalue weighted by molar-refractivity contribution is 0.0757. The third-order valence-corrected chi connectivity index (χ3v) is 4.60. The molecule has 1 aromatic rings. The number of nitrogens with zero attached hydrogens (tertiary/aromatic N) is 1. The number of hydrogen-bond donors (Lipinski definition) is 0. The quantitative estimate of drug-likeness (QED) is 0.785. The van der Waals surface area contributed by atoms with Gasteiger partial charge in [0.1, 0.15) is 0 Å². The van der Waals surface area contributed by atoms with E-state index in [0.717, 1.165) is 6.54 Å². The molecule has 0 radical (unpaired) electrons. The van der Waals surface area contributed by atoms with E-state index in [4.69, 9.17) is 10.7 Å². The van der Waals surface area contributed by atoms with Crippen molar-refractivity contribution < 1.29 is 13.2 Å². The summed E-state index contributed by atoms with van der Waals surface area (Å²) in [6.07, 6.45) is 2.38. The first-order valence-corrected chi connectivity index (χ1v) is 8.56. The van der Waals surface area contributed by atoms with Gasteiger partial charge in [0.05, 0.1) is 4.90 Å². The summed E-state index contributed by atoms with van der Waals surface area (Å²) in [5.74, 6) is 0.569. The van der Waals surface area contributed by atoms with Crippen molar-refractivity contribution in [2.75, 3.05) is 13.1 Å². The van der Waals surface area contributed by atoms with Gasteiger partial charge in [0.2, 0.25) is 0 Å². The van der Waals surface area contributed by atoms with Crippen LogP contribution in [0.3, 0.4) is 0 Å². The smallest absolute Gasteiger partial charge is 0.261 e. The van der Waals surface area contributed by atoms with Crippen molar-refractivity contribution in [2.45, 2.75) is 24.7 Å². The molecular weight excluding hydrogens is 286 g/mol. The number of halogens is 1. The van der Waals surface area contributed by atoms with E-state index < -0.39 is 9.05 Å². The topological polar surface area (TPSA) is 54.5 Å². The molecule has 1 aliphatic carbocycles. The van der Waals surface area contributed by atoms with E-state index in [0.29, 0.717) is 18.0 Å². The van der Waals surface area contributed by atoms with Crippen molar-refractivity contribution >= 4 is 25.6 Å². The van der Waals surface area contributed by atoms with Gasteiger partial charge in [-0.2, -0.15) is 0 Å². The molecule has 0 heterocycles. The van der Waals surface area contributed by atoms with Gasteiger partial charge in [-0.05, 0) is 49.9 Å². The van der Waals surface area contributed by atoms with Crippen LogP contribution in [0.4, 0.5) is 0 Å². The Balaban J connectivity index is 2.13. The van der Waals surface area contributed by atoms with Gasteiger partial charge in [0.25, 0.3) is 15.0 Å². The molecule has 1 fully saturated rings. The summed E-state index contributed by atoms with van der Waals surface area (Å²) in [7, 11) is 1.50. The minimum atomic E-state index is -3.73. The highest BCUT2D eigenvalue weighted by Crippen LogP contribution is 2.30. The highest BCUT2D eigenvalue weighted by molar-refractivity contribution is 8.13. The monoisotopic (exact) mass is 301 g/mol. The van der Waals surface area contributed by atoms with Gasteiger partial charge in [0, 0.05) is 29.3 Å². The SMILES string of the molecule is CCN(CC1CC1)C(=O)c1ccc(S(=O)(=O)Cl)cc1. The fourth-order valence-electron chi connectivity index (χ4n) is 1.91. The van der Waals surface area contributed by atoms with E-state index in [-0.39, 0.29) is 10.8 Å². The summed E-state index contributed by atoms with van der Waals surface area (Å²) in [6.45, 7) is 3.38. The van der Waals surface area contributed by atoms with Gasteiger partial charge in [-0.1, -0.05) is 0 Å². The predicted octanol–water partition coefficient (Wildman–Crippen LogP) is 2.49. The van der Waals surface area contributed by atoms with Crippen molar-refractivity contribution in [2.24, 2.45) is 5.92 Å². The van der Waals surface area contributed by atoms with Gasteiger partial charge in [-0.15, -0.1) is 0 Å². The first-order chi connectivity index (χ1) is 8.91. The maximum Gasteiger partial charge on any atom is 0.261 e. The second-order valence-electron chi connectivity index (χ2n) is 4.75. The summed E-state index contributed by atoms with van der Waals surface area (Å²) in [6, 6.07) is 5.74. The largest absolute Gasteiger partial charge is 0.339 e. The van der Waals surface area contributed by atoms with Crippen LogP contribution in [-0.2, 0) is 9.05 Å². The molecule has 0 N–H and O–H groups in total. The lowest BCUT2D eigenvalue weighted by atomic mass is 10.2. The van der Waals surface area contributed by atoms with Crippen LogP contribution in [-0.4, -0.2) is 32.3 Å². The Kier molecular flexibility index (Phi) is 4.16. The Labute approximate surface area is 117 Å². The molecule has 0 unspecified atom stereocenters. The zero-order valence-corrected chi connectivity index (χ0v) is 12.2. The fourth-order valence-corrected chi connectivity index (χ4v) is 2.68. The number of hydrogen-bond acceptors (Lipinski definition) is 3. The first kappa shape index (κ1) is 14.3. The zero-order chi connectivity index (χ0) is 14.0. The van der Waals surface area contributed by atoms with E-state index in [2.05, 4.69) is 0 Å². The van der Waals surface area contributed by atoms with Crippen LogP contribution in [0, 0.1) is 5.92 Å². The summed E-state index contributed by atoms with van der Waals surface area (Å²) in [4.78, 5) is 14.0. The zero-order valence-electron chi connectivity index (χ0n) is 10.7. The summed E-state index contributed by atoms with van der Waals surface area (Å²) < 4.78 is 22.3. The van der Waals surface area contributed by atoms with E-state index in [1.807, 2.05) is 6.92 Å². The molecule has 1 aromatic carbocycles. The molecule has 2 rings (SSSR count). The average Bonchev–Trinajstić information content (AvgIpc) is 3.18. The van der Waals surface area contributed by atoms with Crippen molar-refractivity contribution in [3.63, 3.8) is 0 Å². The molecular formula is C13H16ClNO3S. The third kappa shape index (κ3) is 3.70. The van der Waals surface area contributed by atoms with Crippen LogP contribution in [0.25, 0.3) is 0 Å². The molecule has 1 saturated carbocycles. The van der Waals surface area contributed by atoms with Gasteiger partial charge < -0.3 is 4.90 Å². The maximum atomic E-state index is 12.2. The van der Waals surface area contributed by atoms with Crippen LogP contribution in [0.2, 0.25) is 0 Å². The molecule has 6 heteroatoms. The first-order valence-electron chi connectivity index (χ1n) is 6.26. The normalized spacial score (nSPS) is 15.3. The Morgan fingerprint density at radius 2 is 1.89 bits per heavy atom. The Morgan fingerprint density at radius 1 is 1.32 bits per heavy atom. The number of rotatable bonds is 5. The molecule has 0 bridgehead atoms. The molecule has 0 aromatic heterocycles. The fraction of sp³-hybridized carbons (Fsp3) is 0.462. The Hall–Kier alpha value is -1.07. The maximum absolute atomic E-state index is 12.2. The highest BCUT2D eigenvalue weighted by Gasteiger charge is 2.26. The van der Waals surface area contributed by atoms with E-state index in [9.17, 15) is 13.2 Å². The molecule has 0 saturated heterocycles. The van der Waals surface area contributed by atoms with E-state index in [1.54, 1.807) is 4.90 Å². The van der Waals surface area contributed by atoms with Crippen molar-refractivity contribution in [3.8, 4) is 0 Å². The summed E-state index contributed by atoms with van der Waals surface area (Å²) in [5, 5.41) is 0. The van der Waals surface area contributed by atoms with Gasteiger partial charge in [-0.25, -0.2) is 8.42 Å². The van der Waals surface area contributed by atoms with E-state index in [1.165, 1.54) is 37.1 Å². The van der Waals surface area contributed by atoms with Crippen LogP contribution < -0.4 is 0 Å². The molecule has 1 amide bonds. The average molecular weight is 302 g/mol. The molecule has 19 heavy (non-hydrogen) atoms. The summed E-state index contributed by atoms with van der Waals surface area (Å²) in [5.41, 5.74) is 0.492. The minimum Gasteiger partial charge on any atom is -0.339 e. The molecule has 1 aliphatic rings.